The van der Waals surface area contributed by atoms with E-state index in [-0.39, 0.29) is 5.91 Å². The van der Waals surface area contributed by atoms with E-state index < -0.39 is 0 Å². The Morgan fingerprint density at radius 3 is 2.38 bits per heavy atom. The Kier molecular flexibility index (Phi) is 6.39. The molecular formula is C22H25N5O2. The number of benzene rings is 1. The van der Waals surface area contributed by atoms with Crippen molar-refractivity contribution < 1.29 is 9.53 Å². The van der Waals surface area contributed by atoms with Gasteiger partial charge < -0.3 is 14.5 Å². The van der Waals surface area contributed by atoms with E-state index in [1.165, 1.54) is 0 Å². The summed E-state index contributed by atoms with van der Waals surface area (Å²) in [6.45, 7) is 4.82. The molecule has 0 aliphatic carbocycles. The molecule has 29 heavy (non-hydrogen) atoms. The quantitative estimate of drug-likeness (QED) is 0.613. The van der Waals surface area contributed by atoms with Gasteiger partial charge in [0.05, 0.1) is 12.4 Å². The first kappa shape index (κ1) is 20.3. The summed E-state index contributed by atoms with van der Waals surface area (Å²) in [5.41, 5.74) is 3.26. The molecule has 0 unspecified atom stereocenters. The predicted molar refractivity (Wildman–Crippen MR) is 113 cm³/mol. The number of rotatable bonds is 7. The summed E-state index contributed by atoms with van der Waals surface area (Å²) in [6.07, 6.45) is 6.94. The fourth-order valence-corrected chi connectivity index (χ4v) is 2.69. The Hall–Kier alpha value is -3.48. The maximum atomic E-state index is 11.3. The van der Waals surface area contributed by atoms with Crippen LogP contribution in [0.3, 0.4) is 0 Å². The van der Waals surface area contributed by atoms with Crippen LogP contribution in [0.15, 0.2) is 55.1 Å². The SMILES string of the molecule is CC(=O)N(C)CCN(C)c1cncc(Oc2ccc(-c3cncc(C)c3)cc2)n1. The van der Waals surface area contributed by atoms with Gasteiger partial charge in [-0.2, -0.15) is 4.98 Å². The summed E-state index contributed by atoms with van der Waals surface area (Å²) < 4.78 is 5.87. The lowest BCUT2D eigenvalue weighted by atomic mass is 10.1. The molecule has 2 heterocycles. The number of carbonyl (C=O) groups excluding carboxylic acids is 1. The number of hydrogen-bond acceptors (Lipinski definition) is 6. The van der Waals surface area contributed by atoms with Crippen LogP contribution >= 0.6 is 0 Å². The van der Waals surface area contributed by atoms with Gasteiger partial charge in [0, 0.05) is 52.1 Å². The number of aryl methyl sites for hydroxylation is 1. The van der Waals surface area contributed by atoms with Gasteiger partial charge in [-0.3, -0.25) is 14.8 Å². The molecule has 0 radical (unpaired) electrons. The van der Waals surface area contributed by atoms with Crippen LogP contribution in [0.2, 0.25) is 0 Å². The first-order valence-electron chi connectivity index (χ1n) is 9.37. The number of anilines is 1. The molecule has 0 fully saturated rings. The van der Waals surface area contributed by atoms with Crippen molar-refractivity contribution in [3.63, 3.8) is 0 Å². The molecule has 3 rings (SSSR count). The standard InChI is InChI=1S/C22H25N5O2/c1-16-11-19(13-23-12-16)18-5-7-20(8-6-18)29-22-15-24-14-21(25-22)27(4)10-9-26(3)17(2)28/h5-8,11-15H,9-10H2,1-4H3. The monoisotopic (exact) mass is 391 g/mol. The van der Waals surface area contributed by atoms with E-state index in [0.717, 1.165) is 16.7 Å². The van der Waals surface area contributed by atoms with Crippen LogP contribution in [0.1, 0.15) is 12.5 Å². The van der Waals surface area contributed by atoms with E-state index in [0.29, 0.717) is 30.5 Å². The summed E-state index contributed by atoms with van der Waals surface area (Å²) in [6, 6.07) is 9.88. The maximum absolute atomic E-state index is 11.3. The average Bonchev–Trinajstić information content (AvgIpc) is 2.72. The third-order valence-corrected chi connectivity index (χ3v) is 4.58. The molecule has 0 aliphatic rings. The van der Waals surface area contributed by atoms with Crippen LogP contribution in [0.5, 0.6) is 11.6 Å². The molecule has 1 aromatic carbocycles. The number of ether oxygens (including phenoxy) is 1. The highest BCUT2D eigenvalue weighted by Gasteiger charge is 2.09. The number of carbonyl (C=O) groups is 1. The van der Waals surface area contributed by atoms with Crippen molar-refractivity contribution >= 4 is 11.7 Å². The number of likely N-dealkylation sites (N-methyl/N-ethyl adjacent to an activating group) is 2. The van der Waals surface area contributed by atoms with Gasteiger partial charge in [0.25, 0.3) is 0 Å². The lowest BCUT2D eigenvalue weighted by molar-refractivity contribution is -0.127. The van der Waals surface area contributed by atoms with E-state index in [1.54, 1.807) is 31.3 Å². The first-order valence-corrected chi connectivity index (χ1v) is 9.37. The minimum absolute atomic E-state index is 0.0338. The molecule has 0 saturated carbocycles. The zero-order chi connectivity index (χ0) is 20.8. The van der Waals surface area contributed by atoms with E-state index in [4.69, 9.17) is 4.74 Å². The minimum Gasteiger partial charge on any atom is -0.437 e. The average molecular weight is 391 g/mol. The molecule has 0 bridgehead atoms. The van der Waals surface area contributed by atoms with E-state index >= 15 is 0 Å². The van der Waals surface area contributed by atoms with Gasteiger partial charge in [-0.1, -0.05) is 12.1 Å². The zero-order valence-corrected chi connectivity index (χ0v) is 17.2. The highest BCUT2D eigenvalue weighted by atomic mass is 16.5. The van der Waals surface area contributed by atoms with Crippen molar-refractivity contribution in [3.05, 3.63) is 60.7 Å². The van der Waals surface area contributed by atoms with Crippen molar-refractivity contribution in [1.82, 2.24) is 19.9 Å². The van der Waals surface area contributed by atoms with Gasteiger partial charge in [0.1, 0.15) is 5.75 Å². The van der Waals surface area contributed by atoms with Gasteiger partial charge in [-0.05, 0) is 36.2 Å². The molecule has 3 aromatic rings. The molecule has 0 N–H and O–H groups in total. The summed E-state index contributed by atoms with van der Waals surface area (Å²) >= 11 is 0. The van der Waals surface area contributed by atoms with Gasteiger partial charge in [0.2, 0.25) is 11.8 Å². The van der Waals surface area contributed by atoms with Crippen LogP contribution in [-0.2, 0) is 4.79 Å². The Labute approximate surface area is 171 Å². The molecule has 0 atom stereocenters. The minimum atomic E-state index is 0.0338. The summed E-state index contributed by atoms with van der Waals surface area (Å²) in [5, 5.41) is 0. The molecular weight excluding hydrogens is 366 g/mol. The fourth-order valence-electron chi connectivity index (χ4n) is 2.69. The summed E-state index contributed by atoms with van der Waals surface area (Å²) in [7, 11) is 3.68. The van der Waals surface area contributed by atoms with Crippen LogP contribution in [0.4, 0.5) is 5.82 Å². The van der Waals surface area contributed by atoms with Crippen molar-refractivity contribution in [3.8, 4) is 22.8 Å². The van der Waals surface area contributed by atoms with Crippen LogP contribution in [0.25, 0.3) is 11.1 Å². The van der Waals surface area contributed by atoms with Gasteiger partial charge in [-0.25, -0.2) is 0 Å². The largest absolute Gasteiger partial charge is 0.437 e. The smallest absolute Gasteiger partial charge is 0.239 e. The van der Waals surface area contributed by atoms with Crippen molar-refractivity contribution in [2.75, 3.05) is 32.1 Å². The molecule has 0 saturated heterocycles. The first-order chi connectivity index (χ1) is 13.9. The van der Waals surface area contributed by atoms with Crippen molar-refractivity contribution in [2.45, 2.75) is 13.8 Å². The van der Waals surface area contributed by atoms with Crippen LogP contribution in [-0.4, -0.2) is 52.9 Å². The number of aromatic nitrogens is 3. The second kappa shape index (κ2) is 9.14. The number of hydrogen-bond donors (Lipinski definition) is 0. The Morgan fingerprint density at radius 2 is 1.69 bits per heavy atom. The third-order valence-electron chi connectivity index (χ3n) is 4.58. The van der Waals surface area contributed by atoms with Gasteiger partial charge in [0.15, 0.2) is 5.82 Å². The number of pyridine rings is 1. The van der Waals surface area contributed by atoms with Crippen molar-refractivity contribution in [1.29, 1.82) is 0 Å². The molecule has 0 spiro atoms. The van der Waals surface area contributed by atoms with Gasteiger partial charge >= 0.3 is 0 Å². The molecule has 1 amide bonds. The zero-order valence-electron chi connectivity index (χ0n) is 17.2. The third kappa shape index (κ3) is 5.51. The predicted octanol–water partition coefficient (Wildman–Crippen LogP) is 3.55. The Morgan fingerprint density at radius 1 is 0.966 bits per heavy atom. The van der Waals surface area contributed by atoms with Crippen LogP contribution < -0.4 is 9.64 Å². The normalized spacial score (nSPS) is 10.5. The van der Waals surface area contributed by atoms with Gasteiger partial charge in [-0.15, -0.1) is 0 Å². The van der Waals surface area contributed by atoms with E-state index in [1.807, 2.05) is 55.5 Å². The number of amides is 1. The summed E-state index contributed by atoms with van der Waals surface area (Å²) in [4.78, 5) is 27.9. The topological polar surface area (TPSA) is 71.5 Å². The summed E-state index contributed by atoms with van der Waals surface area (Å²) in [5.74, 6) is 1.81. The second-order valence-electron chi connectivity index (χ2n) is 6.96. The molecule has 0 aliphatic heterocycles. The Bertz CT molecular complexity index is 975. The molecule has 2 aromatic heterocycles. The lowest BCUT2D eigenvalue weighted by Gasteiger charge is -2.22. The number of nitrogens with zero attached hydrogens (tertiary/aromatic N) is 5. The maximum Gasteiger partial charge on any atom is 0.239 e. The van der Waals surface area contributed by atoms with E-state index in [2.05, 4.69) is 21.0 Å². The van der Waals surface area contributed by atoms with Crippen molar-refractivity contribution in [2.24, 2.45) is 0 Å². The lowest BCUT2D eigenvalue weighted by Crippen LogP contribution is -2.33. The molecule has 7 nitrogen and oxygen atoms in total. The highest BCUT2D eigenvalue weighted by molar-refractivity contribution is 5.72. The molecule has 150 valence electrons. The molecule has 7 heteroatoms. The second-order valence-corrected chi connectivity index (χ2v) is 6.96. The van der Waals surface area contributed by atoms with Crippen LogP contribution in [0, 0.1) is 6.92 Å². The fraction of sp³-hybridized carbons (Fsp3) is 0.273. The van der Waals surface area contributed by atoms with E-state index in [9.17, 15) is 4.79 Å². The highest BCUT2D eigenvalue weighted by Crippen LogP contribution is 2.25. The Balaban J connectivity index is 1.66.